The van der Waals surface area contributed by atoms with Gasteiger partial charge in [0.15, 0.2) is 8.32 Å². The summed E-state index contributed by atoms with van der Waals surface area (Å²) < 4.78 is 22.1. The molecule has 0 saturated carbocycles. The number of hydrogen-bond acceptors (Lipinski definition) is 5. The SMILES string of the molecule is CC(=O)Nc1ccc(OCCOCCOCCO[Si](C)(C)C)cc1. The third-order valence-electron chi connectivity index (χ3n) is 2.81. The number of benzene rings is 1. The minimum atomic E-state index is -1.44. The highest BCUT2D eigenvalue weighted by Gasteiger charge is 2.12. The summed E-state index contributed by atoms with van der Waals surface area (Å²) in [4.78, 5) is 10.9. The van der Waals surface area contributed by atoms with Crippen molar-refractivity contribution < 1.29 is 23.4 Å². The first kappa shape index (κ1) is 20.6. The van der Waals surface area contributed by atoms with Gasteiger partial charge in [0.05, 0.1) is 33.0 Å². The van der Waals surface area contributed by atoms with Crippen molar-refractivity contribution in [3.63, 3.8) is 0 Å². The van der Waals surface area contributed by atoms with E-state index in [1.54, 1.807) is 12.1 Å². The number of nitrogens with one attached hydrogen (secondary N) is 1. The molecule has 0 atom stereocenters. The first-order valence-corrected chi connectivity index (χ1v) is 11.6. The summed E-state index contributed by atoms with van der Waals surface area (Å²) >= 11 is 0. The first-order chi connectivity index (χ1) is 11.4. The molecule has 0 fully saturated rings. The van der Waals surface area contributed by atoms with Gasteiger partial charge in [0.1, 0.15) is 12.4 Å². The van der Waals surface area contributed by atoms with Crippen LogP contribution in [-0.4, -0.2) is 53.9 Å². The van der Waals surface area contributed by atoms with Crippen molar-refractivity contribution >= 4 is 19.9 Å². The molecule has 1 aromatic carbocycles. The second-order valence-electron chi connectivity index (χ2n) is 6.24. The molecule has 6 nitrogen and oxygen atoms in total. The zero-order chi connectivity index (χ0) is 17.8. The number of ether oxygens (including phenoxy) is 3. The van der Waals surface area contributed by atoms with Crippen molar-refractivity contribution in [1.29, 1.82) is 0 Å². The summed E-state index contributed by atoms with van der Waals surface area (Å²) in [6.45, 7) is 11.3. The highest BCUT2D eigenvalue weighted by molar-refractivity contribution is 6.69. The fraction of sp³-hybridized carbons (Fsp3) is 0.588. The van der Waals surface area contributed by atoms with Gasteiger partial charge in [-0.2, -0.15) is 0 Å². The topological polar surface area (TPSA) is 66.0 Å². The third-order valence-corrected chi connectivity index (χ3v) is 3.88. The molecule has 0 radical (unpaired) electrons. The fourth-order valence-corrected chi connectivity index (χ4v) is 2.48. The Morgan fingerprint density at radius 3 is 2.00 bits per heavy atom. The van der Waals surface area contributed by atoms with Gasteiger partial charge < -0.3 is 24.0 Å². The number of anilines is 1. The van der Waals surface area contributed by atoms with Gasteiger partial charge in [-0.15, -0.1) is 0 Å². The molecule has 0 aliphatic carbocycles. The van der Waals surface area contributed by atoms with Crippen LogP contribution in [0.5, 0.6) is 5.75 Å². The van der Waals surface area contributed by atoms with Gasteiger partial charge in [0.2, 0.25) is 5.91 Å². The standard InChI is InChI=1S/C17H29NO5Si/c1-15(19)18-16-5-7-17(8-6-16)22-13-11-20-9-10-21-12-14-23-24(2,3)4/h5-8H,9-14H2,1-4H3,(H,18,19). The van der Waals surface area contributed by atoms with Crippen molar-refractivity contribution in [2.45, 2.75) is 26.6 Å². The van der Waals surface area contributed by atoms with Crippen molar-refractivity contribution in [3.8, 4) is 5.75 Å². The largest absolute Gasteiger partial charge is 0.491 e. The van der Waals surface area contributed by atoms with Gasteiger partial charge in [-0.3, -0.25) is 4.79 Å². The minimum absolute atomic E-state index is 0.0914. The molecule has 0 bridgehead atoms. The Bertz CT molecular complexity index is 473. The molecular weight excluding hydrogens is 326 g/mol. The van der Waals surface area contributed by atoms with Gasteiger partial charge in [-0.1, -0.05) is 0 Å². The Morgan fingerprint density at radius 2 is 1.46 bits per heavy atom. The van der Waals surface area contributed by atoms with Crippen molar-refractivity contribution in [2.75, 3.05) is 45.0 Å². The molecule has 0 heterocycles. The van der Waals surface area contributed by atoms with Crippen molar-refractivity contribution in [1.82, 2.24) is 0 Å². The Morgan fingerprint density at radius 1 is 0.917 bits per heavy atom. The Labute approximate surface area is 145 Å². The lowest BCUT2D eigenvalue weighted by Crippen LogP contribution is -2.27. The lowest BCUT2D eigenvalue weighted by molar-refractivity contribution is -0.114. The van der Waals surface area contributed by atoms with Crippen molar-refractivity contribution in [3.05, 3.63) is 24.3 Å². The molecule has 0 spiro atoms. The molecule has 0 aliphatic heterocycles. The van der Waals surface area contributed by atoms with E-state index in [0.29, 0.717) is 39.6 Å². The summed E-state index contributed by atoms with van der Waals surface area (Å²) in [5.74, 6) is 0.652. The molecule has 0 saturated heterocycles. The van der Waals surface area contributed by atoms with E-state index in [0.717, 1.165) is 11.4 Å². The van der Waals surface area contributed by atoms with E-state index >= 15 is 0 Å². The highest BCUT2D eigenvalue weighted by atomic mass is 28.4. The van der Waals surface area contributed by atoms with Crippen LogP contribution in [0.3, 0.4) is 0 Å². The molecule has 0 aromatic heterocycles. The van der Waals surface area contributed by atoms with E-state index in [4.69, 9.17) is 18.6 Å². The summed E-state index contributed by atoms with van der Waals surface area (Å²) in [7, 11) is -1.44. The molecule has 1 aromatic rings. The van der Waals surface area contributed by atoms with Crippen LogP contribution >= 0.6 is 0 Å². The van der Waals surface area contributed by atoms with Crippen LogP contribution in [0.1, 0.15) is 6.92 Å². The molecule has 0 unspecified atom stereocenters. The summed E-state index contributed by atoms with van der Waals surface area (Å²) in [6, 6.07) is 7.22. The maximum absolute atomic E-state index is 10.9. The number of carbonyl (C=O) groups is 1. The Balaban J connectivity index is 1.97. The molecule has 1 N–H and O–H groups in total. The van der Waals surface area contributed by atoms with Crippen LogP contribution in [0, 0.1) is 0 Å². The minimum Gasteiger partial charge on any atom is -0.491 e. The van der Waals surface area contributed by atoms with Gasteiger partial charge in [-0.25, -0.2) is 0 Å². The predicted molar refractivity (Wildman–Crippen MR) is 97.2 cm³/mol. The average molecular weight is 356 g/mol. The van der Waals surface area contributed by atoms with Crippen LogP contribution in [0.25, 0.3) is 0 Å². The van der Waals surface area contributed by atoms with E-state index in [1.165, 1.54) is 6.92 Å². The van der Waals surface area contributed by atoms with Crippen molar-refractivity contribution in [2.24, 2.45) is 0 Å². The quantitative estimate of drug-likeness (QED) is 0.461. The lowest BCUT2D eigenvalue weighted by Gasteiger charge is -2.16. The van der Waals surface area contributed by atoms with Crippen LogP contribution in [0.2, 0.25) is 19.6 Å². The first-order valence-electron chi connectivity index (χ1n) is 8.17. The molecule has 0 aliphatic rings. The summed E-state index contributed by atoms with van der Waals surface area (Å²) in [5.41, 5.74) is 0.751. The summed E-state index contributed by atoms with van der Waals surface area (Å²) in [5, 5.41) is 2.71. The van der Waals surface area contributed by atoms with Gasteiger partial charge in [0, 0.05) is 12.6 Å². The summed E-state index contributed by atoms with van der Waals surface area (Å²) in [6.07, 6.45) is 0. The number of rotatable bonds is 12. The molecule has 1 rings (SSSR count). The normalized spacial score (nSPS) is 11.3. The van der Waals surface area contributed by atoms with E-state index in [-0.39, 0.29) is 5.91 Å². The van der Waals surface area contributed by atoms with E-state index in [2.05, 4.69) is 25.0 Å². The maximum atomic E-state index is 10.9. The lowest BCUT2D eigenvalue weighted by atomic mass is 10.3. The molecule has 7 heteroatoms. The van der Waals surface area contributed by atoms with Gasteiger partial charge in [0.25, 0.3) is 0 Å². The molecular formula is C17H29NO5Si. The molecule has 1 amide bonds. The second-order valence-corrected chi connectivity index (χ2v) is 10.8. The van der Waals surface area contributed by atoms with Crippen LogP contribution in [-0.2, 0) is 18.7 Å². The third kappa shape index (κ3) is 11.2. The fourth-order valence-electron chi connectivity index (χ4n) is 1.78. The van der Waals surface area contributed by atoms with E-state index in [9.17, 15) is 4.79 Å². The van der Waals surface area contributed by atoms with Crippen LogP contribution in [0.4, 0.5) is 5.69 Å². The number of carbonyl (C=O) groups excluding carboxylic acids is 1. The zero-order valence-corrected chi connectivity index (χ0v) is 16.1. The Hall–Kier alpha value is -1.41. The number of hydrogen-bond donors (Lipinski definition) is 1. The highest BCUT2D eigenvalue weighted by Crippen LogP contribution is 2.15. The van der Waals surface area contributed by atoms with Gasteiger partial charge >= 0.3 is 0 Å². The maximum Gasteiger partial charge on any atom is 0.221 e. The van der Waals surface area contributed by atoms with E-state index < -0.39 is 8.32 Å². The molecule has 24 heavy (non-hydrogen) atoms. The van der Waals surface area contributed by atoms with E-state index in [1.807, 2.05) is 12.1 Å². The zero-order valence-electron chi connectivity index (χ0n) is 15.1. The number of amides is 1. The monoisotopic (exact) mass is 355 g/mol. The van der Waals surface area contributed by atoms with Crippen LogP contribution in [0.15, 0.2) is 24.3 Å². The van der Waals surface area contributed by atoms with Gasteiger partial charge in [-0.05, 0) is 43.9 Å². The second kappa shape index (κ2) is 11.2. The smallest absolute Gasteiger partial charge is 0.221 e. The average Bonchev–Trinajstić information content (AvgIpc) is 2.49. The predicted octanol–water partition coefficient (Wildman–Crippen LogP) is 2.91. The molecule has 136 valence electrons. The van der Waals surface area contributed by atoms with Crippen LogP contribution < -0.4 is 10.1 Å². The Kier molecular flexibility index (Phi) is 9.62.